The molecule has 0 radical (unpaired) electrons. The molecule has 2 aromatic rings. The summed E-state index contributed by atoms with van der Waals surface area (Å²) in [4.78, 5) is 17.9. The summed E-state index contributed by atoms with van der Waals surface area (Å²) in [7, 11) is 0. The van der Waals surface area contributed by atoms with E-state index in [1.165, 1.54) is 24.0 Å². The van der Waals surface area contributed by atoms with E-state index in [1.807, 2.05) is 6.07 Å². The quantitative estimate of drug-likeness (QED) is 0.911. The number of thiophene rings is 1. The zero-order valence-electron chi connectivity index (χ0n) is 11.1. The van der Waals surface area contributed by atoms with Crippen LogP contribution in [0.25, 0.3) is 10.8 Å². The second kappa shape index (κ2) is 5.12. The second-order valence-electron chi connectivity index (χ2n) is 5.50. The van der Waals surface area contributed by atoms with Gasteiger partial charge in [0, 0.05) is 18.1 Å². The largest absolute Gasteiger partial charge is 0.424 e. The van der Waals surface area contributed by atoms with E-state index in [0.29, 0.717) is 22.9 Å². The third-order valence-corrected chi connectivity index (χ3v) is 5.38. The molecule has 2 saturated heterocycles. The lowest BCUT2D eigenvalue weighted by atomic mass is 9.95. The molecule has 5 nitrogen and oxygen atoms in total. The minimum absolute atomic E-state index is 0.0248. The molecule has 110 valence electrons. The van der Waals surface area contributed by atoms with Crippen LogP contribution in [0, 0.1) is 0 Å². The zero-order valence-corrected chi connectivity index (χ0v) is 12.7. The first-order valence-corrected chi connectivity index (χ1v) is 8.17. The van der Waals surface area contributed by atoms with Crippen molar-refractivity contribution in [2.24, 2.45) is 0 Å². The lowest BCUT2D eigenvalue weighted by Crippen LogP contribution is -2.42. The normalized spacial score (nSPS) is 27.2. The van der Waals surface area contributed by atoms with E-state index in [1.54, 1.807) is 6.07 Å². The Morgan fingerprint density at radius 2 is 2.38 bits per heavy atom. The number of oxazole rings is 1. The van der Waals surface area contributed by atoms with E-state index in [4.69, 9.17) is 16.0 Å². The van der Waals surface area contributed by atoms with E-state index >= 15 is 0 Å². The first-order chi connectivity index (χ1) is 10.2. The Hall–Kier alpha value is -1.37. The van der Waals surface area contributed by atoms with Crippen LogP contribution in [-0.2, 0) is 0 Å². The van der Waals surface area contributed by atoms with E-state index in [2.05, 4.69) is 15.6 Å². The third-order valence-electron chi connectivity index (χ3n) is 4.13. The molecule has 2 fully saturated rings. The SMILES string of the molecule is O=C(NC1CC2CCC1N2)c1ccc(-c2ncc(Cl)o2)s1. The van der Waals surface area contributed by atoms with Crippen molar-refractivity contribution in [3.63, 3.8) is 0 Å². The van der Waals surface area contributed by atoms with Crippen molar-refractivity contribution < 1.29 is 9.21 Å². The number of nitrogens with zero attached hydrogens (tertiary/aromatic N) is 1. The third kappa shape index (κ3) is 2.47. The van der Waals surface area contributed by atoms with Crippen molar-refractivity contribution in [1.29, 1.82) is 0 Å². The molecule has 2 aliphatic heterocycles. The van der Waals surface area contributed by atoms with Crippen LogP contribution in [0.4, 0.5) is 0 Å². The number of hydrogen-bond donors (Lipinski definition) is 2. The van der Waals surface area contributed by atoms with Crippen molar-refractivity contribution in [2.75, 3.05) is 0 Å². The summed E-state index contributed by atoms with van der Waals surface area (Å²) in [6.45, 7) is 0. The molecular weight excluding hydrogens is 310 g/mol. The van der Waals surface area contributed by atoms with Gasteiger partial charge in [0.25, 0.3) is 5.91 Å². The summed E-state index contributed by atoms with van der Waals surface area (Å²) in [5.74, 6) is 0.425. The van der Waals surface area contributed by atoms with E-state index in [9.17, 15) is 4.79 Å². The van der Waals surface area contributed by atoms with Gasteiger partial charge in [0.1, 0.15) is 0 Å². The van der Waals surface area contributed by atoms with Gasteiger partial charge in [-0.1, -0.05) is 0 Å². The fraction of sp³-hybridized carbons (Fsp3) is 0.429. The van der Waals surface area contributed by atoms with Crippen LogP contribution in [-0.4, -0.2) is 29.0 Å². The maximum Gasteiger partial charge on any atom is 0.261 e. The predicted molar refractivity (Wildman–Crippen MR) is 80.6 cm³/mol. The Labute approximate surface area is 130 Å². The molecule has 0 aliphatic carbocycles. The Bertz CT molecular complexity index is 683. The summed E-state index contributed by atoms with van der Waals surface area (Å²) in [5, 5.41) is 6.89. The van der Waals surface area contributed by atoms with Gasteiger partial charge in [-0.3, -0.25) is 4.79 Å². The maximum atomic E-state index is 12.3. The second-order valence-corrected chi connectivity index (χ2v) is 6.95. The van der Waals surface area contributed by atoms with Crippen molar-refractivity contribution >= 4 is 28.8 Å². The standard InChI is InChI=1S/C14H14ClN3O2S/c15-12-6-16-14(20-12)11-4-3-10(21-11)13(19)18-9-5-7-1-2-8(9)17-7/h3-4,6-9,17H,1-2,5H2,(H,18,19). The van der Waals surface area contributed by atoms with Crippen molar-refractivity contribution in [2.45, 2.75) is 37.4 Å². The molecule has 2 N–H and O–H groups in total. The van der Waals surface area contributed by atoms with Crippen LogP contribution < -0.4 is 10.6 Å². The zero-order chi connectivity index (χ0) is 14.4. The van der Waals surface area contributed by atoms with E-state index in [-0.39, 0.29) is 17.2 Å². The number of halogens is 1. The molecule has 0 aromatic carbocycles. The van der Waals surface area contributed by atoms with Gasteiger partial charge in [0.05, 0.1) is 16.0 Å². The Morgan fingerprint density at radius 3 is 3.05 bits per heavy atom. The van der Waals surface area contributed by atoms with Gasteiger partial charge in [0.2, 0.25) is 11.1 Å². The number of hydrogen-bond acceptors (Lipinski definition) is 5. The van der Waals surface area contributed by atoms with E-state index < -0.39 is 0 Å². The van der Waals surface area contributed by atoms with Gasteiger partial charge in [-0.2, -0.15) is 0 Å². The van der Waals surface area contributed by atoms with Gasteiger partial charge < -0.3 is 15.1 Å². The summed E-state index contributed by atoms with van der Waals surface area (Å²) in [6, 6.07) is 4.89. The van der Waals surface area contributed by atoms with Crippen molar-refractivity contribution in [3.05, 3.63) is 28.4 Å². The van der Waals surface area contributed by atoms with Crippen molar-refractivity contribution in [3.8, 4) is 10.8 Å². The molecule has 7 heteroatoms. The van der Waals surface area contributed by atoms with Crippen LogP contribution in [0.15, 0.2) is 22.7 Å². The molecule has 1 amide bonds. The summed E-state index contributed by atoms with van der Waals surface area (Å²) < 4.78 is 5.26. The molecule has 2 aliphatic rings. The van der Waals surface area contributed by atoms with Crippen LogP contribution >= 0.6 is 22.9 Å². The molecule has 3 unspecified atom stereocenters. The van der Waals surface area contributed by atoms with Gasteiger partial charge in [-0.15, -0.1) is 11.3 Å². The molecule has 3 atom stereocenters. The number of carbonyl (C=O) groups excluding carboxylic acids is 1. The molecule has 0 spiro atoms. The number of nitrogens with one attached hydrogen (secondary N) is 2. The summed E-state index contributed by atoms with van der Waals surface area (Å²) >= 11 is 7.08. The Balaban J connectivity index is 1.46. The first kappa shape index (κ1) is 13.3. The average Bonchev–Trinajstić information content (AvgIpc) is 3.22. The minimum Gasteiger partial charge on any atom is -0.424 e. The maximum absolute atomic E-state index is 12.3. The molecule has 2 aromatic heterocycles. The minimum atomic E-state index is -0.0248. The number of amides is 1. The molecule has 4 heterocycles. The first-order valence-electron chi connectivity index (χ1n) is 6.97. The number of fused-ring (bicyclic) bond motifs is 2. The topological polar surface area (TPSA) is 67.2 Å². The number of carbonyl (C=O) groups is 1. The monoisotopic (exact) mass is 323 g/mol. The fourth-order valence-electron chi connectivity index (χ4n) is 3.17. The van der Waals surface area contributed by atoms with E-state index in [0.717, 1.165) is 17.7 Å². The van der Waals surface area contributed by atoms with Crippen LogP contribution in [0.3, 0.4) is 0 Å². The van der Waals surface area contributed by atoms with Gasteiger partial charge in [-0.25, -0.2) is 4.98 Å². The molecule has 21 heavy (non-hydrogen) atoms. The highest BCUT2D eigenvalue weighted by molar-refractivity contribution is 7.17. The smallest absolute Gasteiger partial charge is 0.261 e. The molecule has 4 rings (SSSR count). The lowest BCUT2D eigenvalue weighted by Gasteiger charge is -2.20. The predicted octanol–water partition coefficient (Wildman–Crippen LogP) is 2.68. The van der Waals surface area contributed by atoms with Crippen molar-refractivity contribution in [1.82, 2.24) is 15.6 Å². The van der Waals surface area contributed by atoms with Gasteiger partial charge in [0.15, 0.2) is 0 Å². The summed E-state index contributed by atoms with van der Waals surface area (Å²) in [6.07, 6.45) is 4.87. The molecular formula is C14H14ClN3O2S. The lowest BCUT2D eigenvalue weighted by molar-refractivity contribution is 0.0935. The Kier molecular flexibility index (Phi) is 3.24. The molecule has 0 saturated carbocycles. The summed E-state index contributed by atoms with van der Waals surface area (Å²) in [5.41, 5.74) is 0. The van der Waals surface area contributed by atoms with Gasteiger partial charge >= 0.3 is 0 Å². The molecule has 2 bridgehead atoms. The van der Waals surface area contributed by atoms with Crippen LogP contribution in [0.1, 0.15) is 28.9 Å². The van der Waals surface area contributed by atoms with Gasteiger partial charge in [-0.05, 0) is 43.0 Å². The highest BCUT2D eigenvalue weighted by Crippen LogP contribution is 2.31. The van der Waals surface area contributed by atoms with Crippen LogP contribution in [0.5, 0.6) is 0 Å². The average molecular weight is 324 g/mol. The number of aromatic nitrogens is 1. The fourth-order valence-corrected chi connectivity index (χ4v) is 4.13. The Morgan fingerprint density at radius 1 is 1.48 bits per heavy atom. The highest BCUT2D eigenvalue weighted by atomic mass is 35.5. The highest BCUT2D eigenvalue weighted by Gasteiger charge is 2.39. The van der Waals surface area contributed by atoms with Crippen LogP contribution in [0.2, 0.25) is 5.22 Å². The number of rotatable bonds is 3.